The van der Waals surface area contributed by atoms with E-state index in [0.717, 1.165) is 18.9 Å². The van der Waals surface area contributed by atoms with E-state index in [0.29, 0.717) is 0 Å². The average molecular weight is 205 g/mol. The van der Waals surface area contributed by atoms with E-state index < -0.39 is 0 Å². The molecule has 0 amide bonds. The highest BCUT2D eigenvalue weighted by molar-refractivity contribution is 5.31. The zero-order valence-corrected chi connectivity index (χ0v) is 10.00. The predicted molar refractivity (Wildman–Crippen MR) is 67.0 cm³/mol. The van der Waals surface area contributed by atoms with Crippen LogP contribution in [0.15, 0.2) is 24.3 Å². The lowest BCUT2D eigenvalue weighted by molar-refractivity contribution is 0.543. The van der Waals surface area contributed by atoms with Crippen molar-refractivity contribution in [2.24, 2.45) is 11.7 Å². The number of nitrogens with two attached hydrogens (primary N) is 1. The first kappa shape index (κ1) is 12.3. The van der Waals surface area contributed by atoms with Crippen LogP contribution in [0.1, 0.15) is 37.8 Å². The quantitative estimate of drug-likeness (QED) is 0.788. The van der Waals surface area contributed by atoms with Crippen molar-refractivity contribution < 1.29 is 0 Å². The standard InChI is InChI=1S/C11H14.C3H9N/c1-2-9-7-10-5-3-4-6-11(10)8-9;1-2-3-4/h3-6,9H,2,7-8H2,1H3;2-4H2,1H3. The maximum Gasteiger partial charge on any atom is -0.00799 e. The zero-order chi connectivity index (χ0) is 11.1. The molecule has 0 saturated carbocycles. The Balaban J connectivity index is 0.000000245. The topological polar surface area (TPSA) is 26.0 Å². The van der Waals surface area contributed by atoms with Gasteiger partial charge in [-0.05, 0) is 42.9 Å². The Bertz CT molecular complexity index is 253. The highest BCUT2D eigenvalue weighted by Crippen LogP contribution is 2.27. The maximum absolute atomic E-state index is 5.03. The van der Waals surface area contributed by atoms with E-state index in [1.54, 1.807) is 11.1 Å². The molecule has 0 radical (unpaired) electrons. The molecule has 15 heavy (non-hydrogen) atoms. The van der Waals surface area contributed by atoms with Crippen molar-refractivity contribution in [1.29, 1.82) is 0 Å². The molecule has 0 spiro atoms. The molecule has 1 aromatic rings. The normalized spacial score (nSPS) is 14.3. The number of fused-ring (bicyclic) bond motifs is 1. The van der Waals surface area contributed by atoms with Crippen molar-refractivity contribution in [1.82, 2.24) is 0 Å². The minimum absolute atomic E-state index is 0.819. The Labute approximate surface area is 93.7 Å². The van der Waals surface area contributed by atoms with Crippen molar-refractivity contribution in [3.05, 3.63) is 35.4 Å². The minimum atomic E-state index is 0.819. The first-order valence-corrected chi connectivity index (χ1v) is 6.08. The van der Waals surface area contributed by atoms with Gasteiger partial charge in [-0.1, -0.05) is 44.5 Å². The van der Waals surface area contributed by atoms with E-state index in [2.05, 4.69) is 38.1 Å². The molecule has 0 aliphatic heterocycles. The summed E-state index contributed by atoms with van der Waals surface area (Å²) < 4.78 is 0. The largest absolute Gasteiger partial charge is 0.330 e. The lowest BCUT2D eigenvalue weighted by Gasteiger charge is -2.01. The van der Waals surface area contributed by atoms with Crippen molar-refractivity contribution >= 4 is 0 Å². The fraction of sp³-hybridized carbons (Fsp3) is 0.571. The van der Waals surface area contributed by atoms with E-state index in [1.165, 1.54) is 19.3 Å². The van der Waals surface area contributed by atoms with Crippen molar-refractivity contribution in [2.45, 2.75) is 39.5 Å². The van der Waals surface area contributed by atoms with Crippen molar-refractivity contribution in [3.8, 4) is 0 Å². The van der Waals surface area contributed by atoms with Crippen molar-refractivity contribution in [2.75, 3.05) is 6.54 Å². The second-order valence-electron chi connectivity index (χ2n) is 4.24. The first-order chi connectivity index (χ1) is 7.31. The molecule has 84 valence electrons. The van der Waals surface area contributed by atoms with Gasteiger partial charge in [0, 0.05) is 0 Å². The van der Waals surface area contributed by atoms with Gasteiger partial charge in [-0.15, -0.1) is 0 Å². The number of hydrogen-bond donors (Lipinski definition) is 1. The van der Waals surface area contributed by atoms with Gasteiger partial charge < -0.3 is 5.73 Å². The van der Waals surface area contributed by atoms with E-state index in [1.807, 2.05) is 0 Å². The lowest BCUT2D eigenvalue weighted by Crippen LogP contribution is -1.95. The summed E-state index contributed by atoms with van der Waals surface area (Å²) in [5.74, 6) is 0.924. The van der Waals surface area contributed by atoms with E-state index in [9.17, 15) is 0 Å². The van der Waals surface area contributed by atoms with E-state index in [-0.39, 0.29) is 0 Å². The van der Waals surface area contributed by atoms with Crippen LogP contribution < -0.4 is 5.73 Å². The van der Waals surface area contributed by atoms with Gasteiger partial charge in [0.1, 0.15) is 0 Å². The van der Waals surface area contributed by atoms with Gasteiger partial charge in [0.25, 0.3) is 0 Å². The molecule has 1 aliphatic rings. The summed E-state index contributed by atoms with van der Waals surface area (Å²) in [6, 6.07) is 8.84. The second kappa shape index (κ2) is 6.62. The van der Waals surface area contributed by atoms with E-state index in [4.69, 9.17) is 5.73 Å². The predicted octanol–water partition coefficient (Wildman–Crippen LogP) is 3.17. The SMILES string of the molecule is CCC1Cc2ccccc2C1.CCCN. The third kappa shape index (κ3) is 3.67. The fourth-order valence-electron chi connectivity index (χ4n) is 1.94. The molecule has 0 fully saturated rings. The highest BCUT2D eigenvalue weighted by atomic mass is 14.5. The average Bonchev–Trinajstić information content (AvgIpc) is 2.72. The molecular formula is C14H23N. The van der Waals surface area contributed by atoms with Gasteiger partial charge in [-0.2, -0.15) is 0 Å². The molecule has 1 heteroatoms. The molecule has 1 nitrogen and oxygen atoms in total. The summed E-state index contributed by atoms with van der Waals surface area (Å²) in [7, 11) is 0. The van der Waals surface area contributed by atoms with Crippen molar-refractivity contribution in [3.63, 3.8) is 0 Å². The number of rotatable bonds is 2. The number of benzene rings is 1. The molecule has 1 aromatic carbocycles. The summed E-state index contributed by atoms with van der Waals surface area (Å²) in [6.07, 6.45) is 5.05. The third-order valence-corrected chi connectivity index (χ3v) is 3.00. The van der Waals surface area contributed by atoms with Gasteiger partial charge in [0.05, 0.1) is 0 Å². The minimum Gasteiger partial charge on any atom is -0.330 e. The molecular weight excluding hydrogens is 182 g/mol. The van der Waals surface area contributed by atoms with Crippen LogP contribution >= 0.6 is 0 Å². The molecule has 2 rings (SSSR count). The van der Waals surface area contributed by atoms with Crippen LogP contribution in [0.4, 0.5) is 0 Å². The van der Waals surface area contributed by atoms with Crippen LogP contribution in [0.2, 0.25) is 0 Å². The summed E-state index contributed by atoms with van der Waals surface area (Å²) in [6.45, 7) is 5.16. The molecule has 0 unspecified atom stereocenters. The summed E-state index contributed by atoms with van der Waals surface area (Å²) in [5, 5.41) is 0. The molecule has 1 aliphatic carbocycles. The van der Waals surface area contributed by atoms with Crippen LogP contribution in [0.25, 0.3) is 0 Å². The lowest BCUT2D eigenvalue weighted by atomic mass is 10.0. The Kier molecular flexibility index (Phi) is 5.41. The van der Waals surface area contributed by atoms with Crippen LogP contribution in [-0.2, 0) is 12.8 Å². The molecule has 0 aromatic heterocycles. The second-order valence-corrected chi connectivity index (χ2v) is 4.24. The van der Waals surface area contributed by atoms with Crippen LogP contribution in [0.5, 0.6) is 0 Å². The zero-order valence-electron chi connectivity index (χ0n) is 10.00. The number of hydrogen-bond acceptors (Lipinski definition) is 1. The summed E-state index contributed by atoms with van der Waals surface area (Å²) in [4.78, 5) is 0. The Hall–Kier alpha value is -0.820. The molecule has 0 saturated heterocycles. The Morgan fingerprint density at radius 2 is 1.60 bits per heavy atom. The summed E-state index contributed by atoms with van der Waals surface area (Å²) in [5.41, 5.74) is 8.19. The van der Waals surface area contributed by atoms with E-state index >= 15 is 0 Å². The third-order valence-electron chi connectivity index (χ3n) is 3.00. The van der Waals surface area contributed by atoms with Gasteiger partial charge in [-0.3, -0.25) is 0 Å². The molecule has 0 atom stereocenters. The summed E-state index contributed by atoms with van der Waals surface area (Å²) >= 11 is 0. The van der Waals surface area contributed by atoms with Gasteiger partial charge >= 0.3 is 0 Å². The Morgan fingerprint density at radius 3 is 1.93 bits per heavy atom. The molecule has 0 heterocycles. The molecule has 0 bridgehead atoms. The van der Waals surface area contributed by atoms with Crippen LogP contribution in [-0.4, -0.2) is 6.54 Å². The van der Waals surface area contributed by atoms with Gasteiger partial charge in [-0.25, -0.2) is 0 Å². The van der Waals surface area contributed by atoms with Crippen LogP contribution in [0.3, 0.4) is 0 Å². The van der Waals surface area contributed by atoms with Gasteiger partial charge in [0.2, 0.25) is 0 Å². The first-order valence-electron chi connectivity index (χ1n) is 6.08. The Morgan fingerprint density at radius 1 is 1.13 bits per heavy atom. The molecule has 2 N–H and O–H groups in total. The monoisotopic (exact) mass is 205 g/mol. The smallest absolute Gasteiger partial charge is 0.00799 e. The fourth-order valence-corrected chi connectivity index (χ4v) is 1.94. The highest BCUT2D eigenvalue weighted by Gasteiger charge is 2.18. The van der Waals surface area contributed by atoms with Gasteiger partial charge in [0.15, 0.2) is 0 Å². The van der Waals surface area contributed by atoms with Crippen LogP contribution in [0, 0.1) is 5.92 Å². The maximum atomic E-state index is 5.03.